The minimum atomic E-state index is 0.241. The molecule has 1 saturated heterocycles. The molecule has 2 fully saturated rings. The average molecular weight is 283 g/mol. The zero-order valence-electron chi connectivity index (χ0n) is 12.4. The van der Waals surface area contributed by atoms with E-state index in [-0.39, 0.29) is 6.04 Å². The van der Waals surface area contributed by atoms with Crippen LogP contribution in [0.4, 0.5) is 0 Å². The predicted octanol–water partition coefficient (Wildman–Crippen LogP) is 3.64. The topological polar surface area (TPSA) is 51.0 Å². The predicted molar refractivity (Wildman–Crippen MR) is 80.7 cm³/mol. The first-order valence-corrected chi connectivity index (χ1v) is 7.96. The van der Waals surface area contributed by atoms with Crippen LogP contribution in [0.5, 0.6) is 0 Å². The lowest BCUT2D eigenvalue weighted by atomic mass is 9.85. The Balaban J connectivity index is 1.53. The first-order valence-electron chi connectivity index (χ1n) is 7.96. The Bertz CT molecular complexity index is 605. The van der Waals surface area contributed by atoms with Gasteiger partial charge < -0.3 is 9.84 Å². The second-order valence-electron chi connectivity index (χ2n) is 6.43. The lowest BCUT2D eigenvalue weighted by Gasteiger charge is -2.24. The van der Waals surface area contributed by atoms with Crippen molar-refractivity contribution in [2.24, 2.45) is 5.92 Å². The number of nitrogens with zero attached hydrogens (tertiary/aromatic N) is 2. The standard InChI is InChI=1S/C17H21N3O/c1-11-6-8-12(9-7-11)16-19-17(21-20-16)15-10-13-4-2-3-5-14(13)18-15/h6-9,13-15,18H,2-5,10H2,1H3. The number of nitrogens with one attached hydrogen (secondary N) is 1. The van der Waals surface area contributed by atoms with Crippen LogP contribution in [0.15, 0.2) is 28.8 Å². The fourth-order valence-electron chi connectivity index (χ4n) is 3.71. The van der Waals surface area contributed by atoms with E-state index in [1.54, 1.807) is 0 Å². The van der Waals surface area contributed by atoms with Crippen LogP contribution in [0.25, 0.3) is 11.4 Å². The summed E-state index contributed by atoms with van der Waals surface area (Å²) >= 11 is 0. The second-order valence-corrected chi connectivity index (χ2v) is 6.43. The van der Waals surface area contributed by atoms with Gasteiger partial charge in [0.25, 0.3) is 0 Å². The van der Waals surface area contributed by atoms with Crippen molar-refractivity contribution in [3.05, 3.63) is 35.7 Å². The van der Waals surface area contributed by atoms with E-state index in [4.69, 9.17) is 4.52 Å². The van der Waals surface area contributed by atoms with Gasteiger partial charge in [0.05, 0.1) is 6.04 Å². The maximum Gasteiger partial charge on any atom is 0.244 e. The Labute approximate surface area is 124 Å². The van der Waals surface area contributed by atoms with E-state index in [1.807, 2.05) is 12.1 Å². The number of hydrogen-bond acceptors (Lipinski definition) is 4. The molecular weight excluding hydrogens is 262 g/mol. The zero-order chi connectivity index (χ0) is 14.2. The summed E-state index contributed by atoms with van der Waals surface area (Å²) in [6.45, 7) is 2.08. The largest absolute Gasteiger partial charge is 0.337 e. The van der Waals surface area contributed by atoms with Crippen LogP contribution in [-0.4, -0.2) is 16.2 Å². The second kappa shape index (κ2) is 5.26. The van der Waals surface area contributed by atoms with Gasteiger partial charge in [-0.15, -0.1) is 0 Å². The van der Waals surface area contributed by atoms with Crippen LogP contribution in [0, 0.1) is 12.8 Å². The molecule has 0 radical (unpaired) electrons. The summed E-state index contributed by atoms with van der Waals surface area (Å²) in [6.07, 6.45) is 6.49. The van der Waals surface area contributed by atoms with E-state index < -0.39 is 0 Å². The Hall–Kier alpha value is -1.68. The lowest BCUT2D eigenvalue weighted by Crippen LogP contribution is -2.30. The maximum atomic E-state index is 5.52. The molecule has 21 heavy (non-hydrogen) atoms. The molecule has 0 spiro atoms. The molecule has 1 aliphatic heterocycles. The molecule has 4 rings (SSSR count). The fraction of sp³-hybridized carbons (Fsp3) is 0.529. The number of hydrogen-bond donors (Lipinski definition) is 1. The highest BCUT2D eigenvalue weighted by atomic mass is 16.5. The van der Waals surface area contributed by atoms with E-state index in [0.29, 0.717) is 11.9 Å². The van der Waals surface area contributed by atoms with E-state index in [0.717, 1.165) is 23.8 Å². The van der Waals surface area contributed by atoms with Gasteiger partial charge in [-0.2, -0.15) is 4.98 Å². The van der Waals surface area contributed by atoms with Crippen LogP contribution < -0.4 is 5.32 Å². The van der Waals surface area contributed by atoms with Crippen molar-refractivity contribution < 1.29 is 4.52 Å². The minimum Gasteiger partial charge on any atom is -0.337 e. The molecule has 1 N–H and O–H groups in total. The van der Waals surface area contributed by atoms with Crippen molar-refractivity contribution in [2.45, 2.75) is 51.1 Å². The highest BCUT2D eigenvalue weighted by Crippen LogP contribution is 2.38. The first kappa shape index (κ1) is 13.0. The monoisotopic (exact) mass is 283 g/mol. The number of rotatable bonds is 2. The van der Waals surface area contributed by atoms with Crippen molar-refractivity contribution >= 4 is 0 Å². The molecule has 2 aliphatic rings. The molecule has 1 aliphatic carbocycles. The van der Waals surface area contributed by atoms with Crippen molar-refractivity contribution in [2.75, 3.05) is 0 Å². The Morgan fingerprint density at radius 3 is 2.76 bits per heavy atom. The van der Waals surface area contributed by atoms with Gasteiger partial charge in [0.1, 0.15) is 0 Å². The lowest BCUT2D eigenvalue weighted by molar-refractivity contribution is 0.324. The highest BCUT2D eigenvalue weighted by Gasteiger charge is 2.38. The molecule has 4 nitrogen and oxygen atoms in total. The van der Waals surface area contributed by atoms with E-state index in [9.17, 15) is 0 Å². The van der Waals surface area contributed by atoms with Crippen LogP contribution >= 0.6 is 0 Å². The molecule has 3 atom stereocenters. The zero-order valence-corrected chi connectivity index (χ0v) is 12.4. The van der Waals surface area contributed by atoms with E-state index in [2.05, 4.69) is 34.5 Å². The van der Waals surface area contributed by atoms with E-state index >= 15 is 0 Å². The highest BCUT2D eigenvalue weighted by molar-refractivity contribution is 5.54. The molecule has 1 aromatic carbocycles. The van der Waals surface area contributed by atoms with Crippen molar-refractivity contribution in [3.63, 3.8) is 0 Å². The van der Waals surface area contributed by atoms with Crippen molar-refractivity contribution in [1.29, 1.82) is 0 Å². The molecular formula is C17H21N3O. The summed E-state index contributed by atoms with van der Waals surface area (Å²) in [5.74, 6) is 2.24. The molecule has 2 aromatic rings. The van der Waals surface area contributed by atoms with Gasteiger partial charge >= 0.3 is 0 Å². The summed E-state index contributed by atoms with van der Waals surface area (Å²) in [5, 5.41) is 7.84. The molecule has 1 aromatic heterocycles. The third-order valence-corrected chi connectivity index (χ3v) is 4.91. The first-order chi connectivity index (χ1) is 10.3. The van der Waals surface area contributed by atoms with Crippen LogP contribution in [-0.2, 0) is 0 Å². The third-order valence-electron chi connectivity index (χ3n) is 4.91. The third kappa shape index (κ3) is 2.48. The quantitative estimate of drug-likeness (QED) is 0.914. The SMILES string of the molecule is Cc1ccc(-c2noc(C3CC4CCCCC4N3)n2)cc1. The van der Waals surface area contributed by atoms with Crippen LogP contribution in [0.1, 0.15) is 49.6 Å². The maximum absolute atomic E-state index is 5.52. The summed E-state index contributed by atoms with van der Waals surface area (Å²) in [6, 6.07) is 9.14. The number of benzene rings is 1. The number of fused-ring (bicyclic) bond motifs is 1. The number of aromatic nitrogens is 2. The molecule has 3 unspecified atom stereocenters. The summed E-state index contributed by atoms with van der Waals surface area (Å²) in [5.41, 5.74) is 2.26. The average Bonchev–Trinajstić information content (AvgIpc) is 3.14. The smallest absolute Gasteiger partial charge is 0.244 e. The fourth-order valence-corrected chi connectivity index (χ4v) is 3.71. The van der Waals surface area contributed by atoms with E-state index in [1.165, 1.54) is 31.2 Å². The molecule has 2 heterocycles. The van der Waals surface area contributed by atoms with Crippen molar-refractivity contribution in [3.8, 4) is 11.4 Å². The van der Waals surface area contributed by atoms with Gasteiger partial charge in [0.2, 0.25) is 11.7 Å². The van der Waals surface area contributed by atoms with Gasteiger partial charge in [-0.05, 0) is 32.1 Å². The van der Waals surface area contributed by atoms with Gasteiger partial charge in [-0.25, -0.2) is 0 Å². The molecule has 110 valence electrons. The summed E-state index contributed by atoms with van der Waals surface area (Å²) in [7, 11) is 0. The molecule has 1 saturated carbocycles. The molecule has 0 amide bonds. The molecule has 4 heteroatoms. The van der Waals surface area contributed by atoms with Gasteiger partial charge in [-0.3, -0.25) is 0 Å². The Morgan fingerprint density at radius 1 is 1.14 bits per heavy atom. The van der Waals surface area contributed by atoms with Crippen LogP contribution in [0.2, 0.25) is 0 Å². The number of aryl methyl sites for hydroxylation is 1. The normalized spacial score (nSPS) is 28.5. The van der Waals surface area contributed by atoms with Crippen molar-refractivity contribution in [1.82, 2.24) is 15.5 Å². The summed E-state index contributed by atoms with van der Waals surface area (Å²) in [4.78, 5) is 4.61. The van der Waals surface area contributed by atoms with Gasteiger partial charge in [0, 0.05) is 11.6 Å². The van der Waals surface area contributed by atoms with Gasteiger partial charge in [0.15, 0.2) is 0 Å². The Morgan fingerprint density at radius 2 is 1.95 bits per heavy atom. The Kier molecular flexibility index (Phi) is 3.26. The summed E-state index contributed by atoms with van der Waals surface area (Å²) < 4.78 is 5.52. The van der Waals surface area contributed by atoms with Gasteiger partial charge in [-0.1, -0.05) is 47.8 Å². The minimum absolute atomic E-state index is 0.241. The molecule has 0 bridgehead atoms. The van der Waals surface area contributed by atoms with Crippen LogP contribution in [0.3, 0.4) is 0 Å².